The van der Waals surface area contributed by atoms with Crippen LogP contribution in [0.2, 0.25) is 0 Å². The van der Waals surface area contributed by atoms with E-state index in [1.54, 1.807) is 36.4 Å². The summed E-state index contributed by atoms with van der Waals surface area (Å²) in [5.41, 5.74) is 0.953. The van der Waals surface area contributed by atoms with Crippen molar-refractivity contribution in [2.45, 2.75) is 37.8 Å². The molecule has 1 aliphatic rings. The molecule has 0 aliphatic heterocycles. The summed E-state index contributed by atoms with van der Waals surface area (Å²) < 4.78 is 1.47. The first-order chi connectivity index (χ1) is 11.0. The predicted molar refractivity (Wildman–Crippen MR) is 115 cm³/mol. The second kappa shape index (κ2) is 16.4. The number of phenols is 2. The summed E-state index contributed by atoms with van der Waals surface area (Å²) in [4.78, 5) is 0. The number of phenolic OH excluding ortho intramolecular Hbond substituents is 2. The van der Waals surface area contributed by atoms with Gasteiger partial charge in [0, 0.05) is 17.4 Å². The Morgan fingerprint density at radius 1 is 0.760 bits per heavy atom. The number of aromatic hydroxyl groups is 2. The van der Waals surface area contributed by atoms with Gasteiger partial charge in [-0.05, 0) is 74.6 Å². The van der Waals surface area contributed by atoms with E-state index in [0.717, 1.165) is 14.6 Å². The second-order valence-corrected chi connectivity index (χ2v) is 7.95. The van der Waals surface area contributed by atoms with E-state index in [9.17, 15) is 0 Å². The number of halogens is 3. The number of hydrogen-bond acceptors (Lipinski definition) is 2. The van der Waals surface area contributed by atoms with Crippen LogP contribution in [0.5, 0.6) is 11.5 Å². The molecule has 1 atom stereocenters. The van der Waals surface area contributed by atoms with Gasteiger partial charge >= 0.3 is 0 Å². The molecule has 2 N–H and O–H groups in total. The number of rotatable bonds is 0. The fraction of sp³-hybridized carbons (Fsp3) is 0.333. The van der Waals surface area contributed by atoms with Crippen LogP contribution in [0, 0.1) is 0 Å². The Bertz CT molecular complexity index is 499. The van der Waals surface area contributed by atoms with Crippen LogP contribution in [0.3, 0.4) is 0 Å². The molecule has 1 fully saturated rings. The first-order valence-electron chi connectivity index (χ1n) is 7.63. The molecule has 140 valence electrons. The molecule has 25 heavy (non-hydrogen) atoms. The zero-order valence-corrected chi connectivity index (χ0v) is 20.2. The Morgan fingerprint density at radius 2 is 1.12 bits per heavy atom. The molecule has 0 saturated heterocycles. The summed E-state index contributed by atoms with van der Waals surface area (Å²) in [6, 6.07) is 14.1. The molecule has 1 saturated carbocycles. The maximum Gasteiger partial charge on any atom is 0.129 e. The van der Waals surface area contributed by atoms with Crippen molar-refractivity contribution in [3.05, 3.63) is 57.5 Å². The van der Waals surface area contributed by atoms with Crippen molar-refractivity contribution in [3.63, 3.8) is 0 Å². The minimum atomic E-state index is 0. The molecule has 0 radical (unpaired) electrons. The van der Waals surface area contributed by atoms with Crippen LogP contribution in [0.25, 0.3) is 0 Å². The summed E-state index contributed by atoms with van der Waals surface area (Å²) in [6.45, 7) is 0. The first kappa shape index (κ1) is 27.5. The predicted octanol–water partition coefficient (Wildman–Crippen LogP) is 6.92. The topological polar surface area (TPSA) is 40.5 Å². The Morgan fingerprint density at radius 3 is 1.32 bits per heavy atom. The Kier molecular flexibility index (Phi) is 18.1. The molecule has 3 rings (SSSR count). The van der Waals surface area contributed by atoms with E-state index in [-0.39, 0.29) is 41.3 Å². The van der Waals surface area contributed by atoms with Gasteiger partial charge in [-0.2, -0.15) is 0 Å². The van der Waals surface area contributed by atoms with Crippen molar-refractivity contribution in [1.29, 1.82) is 0 Å². The van der Waals surface area contributed by atoms with Crippen LogP contribution in [-0.4, -0.2) is 15.9 Å². The van der Waals surface area contributed by atoms with Crippen LogP contribution in [0.4, 0.5) is 0 Å². The van der Waals surface area contributed by atoms with Crippen LogP contribution in [-0.2, 0) is 17.4 Å². The molecule has 2 aromatic carbocycles. The molecule has 1 aliphatic carbocycles. The van der Waals surface area contributed by atoms with E-state index < -0.39 is 0 Å². The quantitative estimate of drug-likeness (QED) is 0.350. The van der Waals surface area contributed by atoms with E-state index in [4.69, 9.17) is 10.2 Å². The molecule has 0 heterocycles. The molecule has 1 unspecified atom stereocenters. The molecule has 0 amide bonds. The Hall–Kier alpha value is 0.252. The Labute approximate surface area is 186 Å². The smallest absolute Gasteiger partial charge is 0.129 e. The van der Waals surface area contributed by atoms with Crippen molar-refractivity contribution < 1.29 is 27.6 Å². The van der Waals surface area contributed by atoms with Crippen molar-refractivity contribution in [2.75, 3.05) is 0 Å². The van der Waals surface area contributed by atoms with Crippen LogP contribution in [0.1, 0.15) is 32.1 Å². The van der Waals surface area contributed by atoms with Gasteiger partial charge in [0.15, 0.2) is 0 Å². The van der Waals surface area contributed by atoms with Crippen LogP contribution in [0.15, 0.2) is 57.5 Å². The van der Waals surface area contributed by atoms with Gasteiger partial charge < -0.3 is 10.2 Å². The summed E-state index contributed by atoms with van der Waals surface area (Å²) in [5.74, 6) is 0.569. The first-order valence-corrected chi connectivity index (χ1v) is 9.88. The van der Waals surface area contributed by atoms with Gasteiger partial charge in [-0.15, -0.1) is 21.6 Å². The fourth-order valence-electron chi connectivity index (χ4n) is 2.04. The number of hydrogen-bond donors (Lipinski definition) is 2. The van der Waals surface area contributed by atoms with Crippen molar-refractivity contribution in [3.8, 4) is 11.5 Å². The molecule has 7 heteroatoms. The SMILES string of the molecule is Cl.Oc1ccccc1Br.Oc1ccccc1Br.PC1CCCCC1.[Cr]. The average Bonchev–Trinajstić information content (AvgIpc) is 2.55. The van der Waals surface area contributed by atoms with Crippen molar-refractivity contribution in [1.82, 2.24) is 0 Å². The Balaban J connectivity index is 0. The third-order valence-electron chi connectivity index (χ3n) is 3.35. The van der Waals surface area contributed by atoms with Crippen LogP contribution < -0.4 is 0 Å². The average molecular weight is 551 g/mol. The second-order valence-electron chi connectivity index (χ2n) is 5.30. The largest absolute Gasteiger partial charge is 0.507 e. The van der Waals surface area contributed by atoms with Crippen molar-refractivity contribution in [2.24, 2.45) is 0 Å². The van der Waals surface area contributed by atoms with Gasteiger partial charge in [-0.25, -0.2) is 0 Å². The molecule has 0 aromatic heterocycles. The van der Waals surface area contributed by atoms with Crippen molar-refractivity contribution >= 4 is 53.5 Å². The minimum absolute atomic E-state index is 0. The molecular formula is C18H24Br2ClCrO2P. The maximum atomic E-state index is 8.87. The minimum Gasteiger partial charge on any atom is -0.507 e. The van der Waals surface area contributed by atoms with E-state index in [1.165, 1.54) is 32.1 Å². The van der Waals surface area contributed by atoms with E-state index >= 15 is 0 Å². The summed E-state index contributed by atoms with van der Waals surface area (Å²) >= 11 is 6.29. The molecule has 2 aromatic rings. The van der Waals surface area contributed by atoms with Gasteiger partial charge in [0.25, 0.3) is 0 Å². The van der Waals surface area contributed by atoms with Gasteiger partial charge in [0.05, 0.1) is 8.95 Å². The molecule has 2 nitrogen and oxygen atoms in total. The standard InChI is InChI=1S/2C6H5BrO.C6H13P.ClH.Cr/c2*7-5-3-1-2-4-6(5)8;7-6-4-2-1-3-5-6;;/h2*1-4,8H;6H,1-5,7H2;1H;. The van der Waals surface area contributed by atoms with Gasteiger partial charge in [-0.3, -0.25) is 0 Å². The van der Waals surface area contributed by atoms with E-state index in [2.05, 4.69) is 41.1 Å². The van der Waals surface area contributed by atoms with Gasteiger partial charge in [0.1, 0.15) is 11.5 Å². The normalized spacial score (nSPS) is 12.9. The van der Waals surface area contributed by atoms with E-state index in [0.29, 0.717) is 0 Å². The number of para-hydroxylation sites is 2. The maximum absolute atomic E-state index is 8.87. The zero-order chi connectivity index (χ0) is 17.1. The number of benzene rings is 2. The monoisotopic (exact) mass is 548 g/mol. The molecule has 0 spiro atoms. The fourth-order valence-corrected chi connectivity index (χ4v) is 3.08. The summed E-state index contributed by atoms with van der Waals surface area (Å²) in [5, 5.41) is 17.7. The third-order valence-corrected chi connectivity index (χ3v) is 5.36. The zero-order valence-electron chi connectivity index (χ0n) is 13.8. The van der Waals surface area contributed by atoms with E-state index in [1.807, 2.05) is 12.1 Å². The summed E-state index contributed by atoms with van der Waals surface area (Å²) in [6.07, 6.45) is 7.31. The van der Waals surface area contributed by atoms with Gasteiger partial charge in [0.2, 0.25) is 0 Å². The molecular weight excluding hydrogens is 526 g/mol. The van der Waals surface area contributed by atoms with Gasteiger partial charge in [-0.1, -0.05) is 43.5 Å². The molecule has 0 bridgehead atoms. The third kappa shape index (κ3) is 13.1. The summed E-state index contributed by atoms with van der Waals surface area (Å²) in [7, 11) is 2.91. The van der Waals surface area contributed by atoms with Crippen LogP contribution >= 0.6 is 53.5 Å².